The predicted molar refractivity (Wildman–Crippen MR) is 138 cm³/mol. The van der Waals surface area contributed by atoms with Crippen molar-refractivity contribution in [2.45, 2.75) is 49.6 Å². The van der Waals surface area contributed by atoms with E-state index < -0.39 is 0 Å². The molecule has 8 nitrogen and oxygen atoms in total. The first-order valence-electron chi connectivity index (χ1n) is 12.0. The summed E-state index contributed by atoms with van der Waals surface area (Å²) in [5.74, 6) is 2.26. The van der Waals surface area contributed by atoms with Gasteiger partial charge in [0.15, 0.2) is 5.16 Å². The van der Waals surface area contributed by atoms with Crippen LogP contribution in [0.1, 0.15) is 38.7 Å². The normalized spacial score (nSPS) is 16.4. The summed E-state index contributed by atoms with van der Waals surface area (Å²) in [5, 5.41) is 3.94. The van der Waals surface area contributed by atoms with E-state index in [4.69, 9.17) is 9.97 Å². The summed E-state index contributed by atoms with van der Waals surface area (Å²) in [6.45, 7) is 8.53. The summed E-state index contributed by atoms with van der Waals surface area (Å²) in [6, 6.07) is 8.06. The number of carbonyl (C=O) groups excluding carboxylic acids is 1. The highest BCUT2D eigenvalue weighted by atomic mass is 32.2. The quantitative estimate of drug-likeness (QED) is 0.580. The molecular weight excluding hydrogens is 446 g/mol. The van der Waals surface area contributed by atoms with E-state index in [1.807, 2.05) is 31.2 Å². The Balaban J connectivity index is 1.54. The molecule has 180 valence electrons. The molecule has 0 aliphatic carbocycles. The van der Waals surface area contributed by atoms with Gasteiger partial charge >= 0.3 is 0 Å². The first-order chi connectivity index (χ1) is 16.5. The molecule has 2 aliphatic heterocycles. The minimum atomic E-state index is 0.247. The lowest BCUT2D eigenvalue weighted by atomic mass is 10.1. The van der Waals surface area contributed by atoms with Gasteiger partial charge in [0.1, 0.15) is 11.6 Å². The highest BCUT2D eigenvalue weighted by Gasteiger charge is 2.20. The predicted octanol–water partition coefficient (Wildman–Crippen LogP) is 3.85. The Morgan fingerprint density at radius 2 is 1.82 bits per heavy atom. The lowest BCUT2D eigenvalue weighted by Crippen LogP contribution is -2.45. The van der Waals surface area contributed by atoms with Crippen LogP contribution in [-0.4, -0.2) is 71.2 Å². The molecule has 9 heteroatoms. The maximum Gasteiger partial charge on any atom is 0.234 e. The van der Waals surface area contributed by atoms with Crippen LogP contribution >= 0.6 is 11.8 Å². The molecule has 1 N–H and O–H groups in total. The van der Waals surface area contributed by atoms with Crippen LogP contribution in [0.5, 0.6) is 0 Å². The van der Waals surface area contributed by atoms with Crippen LogP contribution in [0.3, 0.4) is 0 Å². The van der Waals surface area contributed by atoms with Gasteiger partial charge in [-0.2, -0.15) is 15.0 Å². The van der Waals surface area contributed by atoms with Crippen LogP contribution in [0.15, 0.2) is 51.0 Å². The molecule has 0 bridgehead atoms. The van der Waals surface area contributed by atoms with Crippen molar-refractivity contribution in [2.75, 3.05) is 50.0 Å². The first-order valence-corrected chi connectivity index (χ1v) is 12.8. The van der Waals surface area contributed by atoms with E-state index in [1.165, 1.54) is 17.3 Å². The molecule has 0 saturated carbocycles. The maximum atomic E-state index is 11.7. The third-order valence-electron chi connectivity index (χ3n) is 5.92. The van der Waals surface area contributed by atoms with Gasteiger partial charge in [-0.25, -0.2) is 0 Å². The van der Waals surface area contributed by atoms with Crippen LogP contribution in [0.25, 0.3) is 0 Å². The van der Waals surface area contributed by atoms with Crippen LogP contribution < -0.4 is 10.2 Å². The maximum absolute atomic E-state index is 11.7. The van der Waals surface area contributed by atoms with Crippen molar-refractivity contribution in [2.24, 2.45) is 4.99 Å². The summed E-state index contributed by atoms with van der Waals surface area (Å²) < 4.78 is 0. The Labute approximate surface area is 206 Å². The number of nitrogens with one attached hydrogen (secondary N) is 1. The van der Waals surface area contributed by atoms with Crippen molar-refractivity contribution in [3.63, 3.8) is 0 Å². The highest BCUT2D eigenvalue weighted by Crippen LogP contribution is 2.28. The van der Waals surface area contributed by atoms with Gasteiger partial charge in [-0.1, -0.05) is 32.4 Å². The number of carbonyl (C=O) groups is 1. The van der Waals surface area contributed by atoms with Gasteiger partial charge in [-0.05, 0) is 54.6 Å². The second-order valence-corrected chi connectivity index (χ2v) is 9.77. The Morgan fingerprint density at radius 1 is 1.06 bits per heavy atom. The Hall–Kier alpha value is -2.78. The average Bonchev–Trinajstić information content (AvgIpc) is 3.27. The van der Waals surface area contributed by atoms with Crippen LogP contribution in [0.4, 0.5) is 11.9 Å². The number of amidine groups is 1. The van der Waals surface area contributed by atoms with E-state index >= 15 is 0 Å². The first kappa shape index (κ1) is 24.3. The Kier molecular flexibility index (Phi) is 8.29. The summed E-state index contributed by atoms with van der Waals surface area (Å²) in [5.41, 5.74) is 2.36. The molecule has 0 unspecified atom stereocenters. The molecular formula is C25H33N7OS. The number of Topliss-reactive ketones (excluding diaryl/α,β-unsaturated/α-hetero) is 1. The molecule has 0 atom stereocenters. The molecule has 4 rings (SSSR count). The van der Waals surface area contributed by atoms with E-state index in [9.17, 15) is 4.79 Å². The minimum absolute atomic E-state index is 0.247. The highest BCUT2D eigenvalue weighted by molar-refractivity contribution is 7.99. The van der Waals surface area contributed by atoms with Crippen LogP contribution in [-0.2, 0) is 11.2 Å². The fourth-order valence-corrected chi connectivity index (χ4v) is 4.60. The number of hydrogen-bond donors (Lipinski definition) is 1. The zero-order chi connectivity index (χ0) is 23.9. The van der Waals surface area contributed by atoms with Gasteiger partial charge in [-0.15, -0.1) is 0 Å². The van der Waals surface area contributed by atoms with E-state index in [0.717, 1.165) is 61.9 Å². The smallest absolute Gasteiger partial charge is 0.234 e. The number of aliphatic imine (C=N–C) groups is 1. The van der Waals surface area contributed by atoms with Crippen molar-refractivity contribution in [3.05, 3.63) is 41.5 Å². The van der Waals surface area contributed by atoms with Gasteiger partial charge in [0.2, 0.25) is 11.9 Å². The van der Waals surface area contributed by atoms with Gasteiger partial charge in [0, 0.05) is 43.9 Å². The number of anilines is 2. The van der Waals surface area contributed by atoms with Gasteiger partial charge in [-0.3, -0.25) is 9.79 Å². The molecule has 2 aromatic rings. The van der Waals surface area contributed by atoms with Gasteiger partial charge in [0.05, 0.1) is 6.54 Å². The zero-order valence-corrected chi connectivity index (χ0v) is 21.1. The molecule has 0 radical (unpaired) electrons. The van der Waals surface area contributed by atoms with Crippen molar-refractivity contribution in [3.8, 4) is 0 Å². The topological polar surface area (TPSA) is 86.6 Å². The monoisotopic (exact) mass is 479 g/mol. The third-order valence-corrected chi connectivity index (χ3v) is 6.79. The molecule has 1 saturated heterocycles. The Bertz CT molecular complexity index is 1060. The van der Waals surface area contributed by atoms with Crippen molar-refractivity contribution in [1.29, 1.82) is 0 Å². The van der Waals surface area contributed by atoms with Gasteiger partial charge in [0.25, 0.3) is 0 Å². The molecule has 1 fully saturated rings. The number of benzene rings is 1. The largest absolute Gasteiger partial charge is 0.338 e. The average molecular weight is 480 g/mol. The number of hydrogen-bond acceptors (Lipinski definition) is 9. The SMILES string of the molecule is CCCC1=CC(Nc2nc(Sc3ccc(CC(=O)CC)cc3)nc(N3CCN(C)CC3)n2)=NC1. The molecule has 1 aromatic heterocycles. The number of likely N-dealkylation sites (N-methyl/N-ethyl adjacent to an activating group) is 1. The third kappa shape index (κ3) is 6.64. The van der Waals surface area contributed by atoms with E-state index in [1.54, 1.807) is 0 Å². The van der Waals surface area contributed by atoms with Gasteiger partial charge < -0.3 is 15.1 Å². The standard InChI is InChI=1S/C25H33N7OS/c1-4-6-19-16-22(26-17-19)27-23-28-24(32-13-11-31(3)12-14-32)30-25(29-23)34-21-9-7-18(8-10-21)15-20(33)5-2/h7-10,16H,4-6,11-15,17H2,1-3H3,(H,26,27,28,29,30). The van der Waals surface area contributed by atoms with E-state index in [0.29, 0.717) is 29.9 Å². The number of ketones is 1. The fourth-order valence-electron chi connectivity index (χ4n) is 3.86. The lowest BCUT2D eigenvalue weighted by molar-refractivity contribution is -0.118. The Morgan fingerprint density at radius 3 is 2.53 bits per heavy atom. The summed E-state index contributed by atoms with van der Waals surface area (Å²) in [4.78, 5) is 36.1. The zero-order valence-electron chi connectivity index (χ0n) is 20.3. The van der Waals surface area contributed by atoms with Crippen LogP contribution in [0.2, 0.25) is 0 Å². The number of piperazine rings is 1. The molecule has 1 aromatic carbocycles. The molecule has 0 spiro atoms. The lowest BCUT2D eigenvalue weighted by Gasteiger charge is -2.32. The molecule has 0 amide bonds. The molecule has 2 aliphatic rings. The second kappa shape index (κ2) is 11.6. The number of nitrogens with zero attached hydrogens (tertiary/aromatic N) is 6. The summed E-state index contributed by atoms with van der Waals surface area (Å²) in [7, 11) is 2.13. The number of aromatic nitrogens is 3. The van der Waals surface area contributed by atoms with Crippen molar-refractivity contribution >= 4 is 35.3 Å². The summed E-state index contributed by atoms with van der Waals surface area (Å²) >= 11 is 1.50. The van der Waals surface area contributed by atoms with Crippen molar-refractivity contribution in [1.82, 2.24) is 19.9 Å². The van der Waals surface area contributed by atoms with Crippen molar-refractivity contribution < 1.29 is 4.79 Å². The molecule has 3 heterocycles. The molecule has 34 heavy (non-hydrogen) atoms. The fraction of sp³-hybridized carbons (Fsp3) is 0.480. The van der Waals surface area contributed by atoms with Crippen LogP contribution in [0, 0.1) is 0 Å². The summed E-state index contributed by atoms with van der Waals surface area (Å²) in [6.07, 6.45) is 5.31. The second-order valence-electron chi connectivity index (χ2n) is 8.73. The number of rotatable bonds is 9. The van der Waals surface area contributed by atoms with E-state index in [-0.39, 0.29) is 5.78 Å². The minimum Gasteiger partial charge on any atom is -0.338 e. The van der Waals surface area contributed by atoms with E-state index in [2.05, 4.69) is 45.1 Å².